The van der Waals surface area contributed by atoms with E-state index < -0.39 is 5.82 Å². The molecule has 3 heterocycles. The van der Waals surface area contributed by atoms with Gasteiger partial charge in [-0.15, -0.1) is 0 Å². The summed E-state index contributed by atoms with van der Waals surface area (Å²) in [5, 5.41) is 3.00. The predicted molar refractivity (Wildman–Crippen MR) is 122 cm³/mol. The number of aromatic nitrogens is 3. The topological polar surface area (TPSA) is 109 Å². The van der Waals surface area contributed by atoms with Crippen LogP contribution in [0.5, 0.6) is 11.5 Å². The number of ether oxygens (including phenoxy) is 2. The third-order valence-electron chi connectivity index (χ3n) is 6.57. The number of halogens is 1. The molecule has 178 valence electrons. The molecule has 2 aromatic heterocycles. The molecule has 1 aromatic carbocycles. The molecule has 1 aliphatic carbocycles. The zero-order valence-corrected chi connectivity index (χ0v) is 19.3. The number of hydrogen-bond donors (Lipinski definition) is 2. The molecule has 2 amide bonds. The number of rotatable bonds is 6. The van der Waals surface area contributed by atoms with E-state index in [9.17, 15) is 14.0 Å². The van der Waals surface area contributed by atoms with Gasteiger partial charge in [-0.05, 0) is 31.2 Å². The maximum atomic E-state index is 14.9. The SMILES string of the molecule is COc1cc(-c2ncnc3c(C(=O)N[C@@H]4CCN(C(C)=O)C4)c[nH]c23)c(C2CC2)c(OC)c1F. The number of likely N-dealkylation sites (tertiary alicyclic amines) is 1. The molecule has 0 unspecified atom stereocenters. The number of amides is 2. The van der Waals surface area contributed by atoms with E-state index in [1.165, 1.54) is 27.5 Å². The van der Waals surface area contributed by atoms with Gasteiger partial charge in [0.2, 0.25) is 11.7 Å². The summed E-state index contributed by atoms with van der Waals surface area (Å²) >= 11 is 0. The van der Waals surface area contributed by atoms with Crippen molar-refractivity contribution in [3.8, 4) is 22.8 Å². The first-order valence-electron chi connectivity index (χ1n) is 11.3. The quantitative estimate of drug-likeness (QED) is 0.577. The number of methoxy groups -OCH3 is 2. The zero-order valence-electron chi connectivity index (χ0n) is 19.3. The van der Waals surface area contributed by atoms with Gasteiger partial charge < -0.3 is 24.7 Å². The van der Waals surface area contributed by atoms with Crippen LogP contribution < -0.4 is 14.8 Å². The van der Waals surface area contributed by atoms with Crippen molar-refractivity contribution in [1.82, 2.24) is 25.2 Å². The van der Waals surface area contributed by atoms with Crippen LogP contribution in [-0.2, 0) is 4.79 Å². The molecule has 1 saturated carbocycles. The van der Waals surface area contributed by atoms with E-state index in [0.29, 0.717) is 47.4 Å². The molecular weight excluding hydrogens is 441 g/mol. The van der Waals surface area contributed by atoms with Gasteiger partial charge in [-0.1, -0.05) is 0 Å². The number of carbonyl (C=O) groups is 2. The Labute approximate surface area is 195 Å². The molecule has 2 N–H and O–H groups in total. The maximum Gasteiger partial charge on any atom is 0.255 e. The van der Waals surface area contributed by atoms with E-state index in [4.69, 9.17) is 9.47 Å². The average molecular weight is 468 g/mol. The third kappa shape index (κ3) is 3.72. The number of benzene rings is 1. The Morgan fingerprint density at radius 2 is 2.00 bits per heavy atom. The number of nitrogens with zero attached hydrogens (tertiary/aromatic N) is 3. The van der Waals surface area contributed by atoms with Crippen LogP contribution in [0.15, 0.2) is 18.6 Å². The second kappa shape index (κ2) is 8.58. The van der Waals surface area contributed by atoms with Crippen LogP contribution in [0.2, 0.25) is 0 Å². The summed E-state index contributed by atoms with van der Waals surface area (Å²) in [6.45, 7) is 2.64. The van der Waals surface area contributed by atoms with Gasteiger partial charge in [-0.25, -0.2) is 9.97 Å². The summed E-state index contributed by atoms with van der Waals surface area (Å²) in [4.78, 5) is 38.3. The monoisotopic (exact) mass is 467 g/mol. The van der Waals surface area contributed by atoms with Crippen molar-refractivity contribution in [2.24, 2.45) is 0 Å². The molecule has 0 spiro atoms. The first kappa shape index (κ1) is 22.1. The minimum atomic E-state index is -0.538. The normalized spacial score (nSPS) is 17.8. The molecule has 9 nitrogen and oxygen atoms in total. The predicted octanol–water partition coefficient (Wildman–Crippen LogP) is 3.01. The standard InChI is InChI=1S/C24H26FN5O4/c1-12(31)30-7-6-14(10-30)29-24(32)16-9-26-22-20(27-11-28-21(16)22)15-8-17(33-2)19(25)23(34-3)18(15)13-4-5-13/h8-9,11,13-14,26H,4-7,10H2,1-3H3,(H,29,32)/t14-/m1/s1. The number of aromatic amines is 1. The second-order valence-electron chi connectivity index (χ2n) is 8.73. The molecule has 1 atom stereocenters. The molecule has 0 radical (unpaired) electrons. The van der Waals surface area contributed by atoms with Crippen molar-refractivity contribution in [3.05, 3.63) is 35.5 Å². The molecule has 3 aromatic rings. The zero-order chi connectivity index (χ0) is 24.0. The van der Waals surface area contributed by atoms with E-state index >= 15 is 0 Å². The summed E-state index contributed by atoms with van der Waals surface area (Å²) in [5.41, 5.74) is 3.40. The summed E-state index contributed by atoms with van der Waals surface area (Å²) < 4.78 is 25.6. The molecule has 5 rings (SSSR count). The van der Waals surface area contributed by atoms with E-state index in [-0.39, 0.29) is 35.3 Å². The average Bonchev–Trinajstić information content (AvgIpc) is 3.39. The van der Waals surface area contributed by atoms with Gasteiger partial charge in [-0.2, -0.15) is 4.39 Å². The highest BCUT2D eigenvalue weighted by Gasteiger charge is 2.34. The Morgan fingerprint density at radius 3 is 2.65 bits per heavy atom. The summed E-state index contributed by atoms with van der Waals surface area (Å²) in [6, 6.07) is 1.51. The number of nitrogens with one attached hydrogen (secondary N) is 2. The Morgan fingerprint density at radius 1 is 1.21 bits per heavy atom. The van der Waals surface area contributed by atoms with Gasteiger partial charge in [-0.3, -0.25) is 9.59 Å². The van der Waals surface area contributed by atoms with Crippen molar-refractivity contribution < 1.29 is 23.5 Å². The molecule has 34 heavy (non-hydrogen) atoms. The Bertz CT molecular complexity index is 1290. The van der Waals surface area contributed by atoms with Gasteiger partial charge >= 0.3 is 0 Å². The van der Waals surface area contributed by atoms with Gasteiger partial charge in [0.1, 0.15) is 11.8 Å². The lowest BCUT2D eigenvalue weighted by atomic mass is 9.97. The van der Waals surface area contributed by atoms with Crippen LogP contribution in [0.25, 0.3) is 22.3 Å². The van der Waals surface area contributed by atoms with E-state index in [1.54, 1.807) is 17.2 Å². The van der Waals surface area contributed by atoms with Crippen LogP contribution in [0.3, 0.4) is 0 Å². The lowest BCUT2D eigenvalue weighted by molar-refractivity contribution is -0.127. The molecule has 2 fully saturated rings. The fraction of sp³-hybridized carbons (Fsp3) is 0.417. The molecule has 2 aliphatic rings. The lowest BCUT2D eigenvalue weighted by Gasteiger charge is -2.17. The van der Waals surface area contributed by atoms with Gasteiger partial charge in [0.15, 0.2) is 11.5 Å². The number of fused-ring (bicyclic) bond motifs is 1. The van der Waals surface area contributed by atoms with Gasteiger partial charge in [0.25, 0.3) is 5.91 Å². The maximum absolute atomic E-state index is 14.9. The highest BCUT2D eigenvalue weighted by Crippen LogP contribution is 2.51. The van der Waals surface area contributed by atoms with Crippen LogP contribution in [0, 0.1) is 5.82 Å². The van der Waals surface area contributed by atoms with Crippen LogP contribution in [0.1, 0.15) is 48.0 Å². The summed E-state index contributed by atoms with van der Waals surface area (Å²) in [6.07, 6.45) is 5.56. The highest BCUT2D eigenvalue weighted by atomic mass is 19.1. The van der Waals surface area contributed by atoms with Crippen molar-refractivity contribution >= 4 is 22.8 Å². The minimum Gasteiger partial charge on any atom is -0.494 e. The molecule has 0 bridgehead atoms. The van der Waals surface area contributed by atoms with Crippen molar-refractivity contribution in [2.75, 3.05) is 27.3 Å². The van der Waals surface area contributed by atoms with Crippen molar-refractivity contribution in [3.63, 3.8) is 0 Å². The van der Waals surface area contributed by atoms with Crippen molar-refractivity contribution in [2.45, 2.75) is 38.1 Å². The smallest absolute Gasteiger partial charge is 0.255 e. The molecule has 10 heteroatoms. The van der Waals surface area contributed by atoms with Crippen LogP contribution in [0.4, 0.5) is 4.39 Å². The fourth-order valence-electron chi connectivity index (χ4n) is 4.69. The van der Waals surface area contributed by atoms with Gasteiger partial charge in [0.05, 0.1) is 31.0 Å². The van der Waals surface area contributed by atoms with E-state index in [2.05, 4.69) is 20.3 Å². The molecule has 1 saturated heterocycles. The Hall–Kier alpha value is -3.69. The first-order valence-corrected chi connectivity index (χ1v) is 11.3. The molecular formula is C24H26FN5O4. The number of H-pyrrole nitrogens is 1. The number of hydrogen-bond acceptors (Lipinski definition) is 6. The summed E-state index contributed by atoms with van der Waals surface area (Å²) in [7, 11) is 2.85. The van der Waals surface area contributed by atoms with Crippen LogP contribution in [-0.4, -0.2) is 65.0 Å². The first-order chi connectivity index (χ1) is 16.4. The van der Waals surface area contributed by atoms with E-state index in [0.717, 1.165) is 18.4 Å². The Kier molecular flexibility index (Phi) is 5.59. The largest absolute Gasteiger partial charge is 0.494 e. The van der Waals surface area contributed by atoms with Gasteiger partial charge in [0, 0.05) is 43.4 Å². The number of carbonyl (C=O) groups excluding carboxylic acids is 2. The summed E-state index contributed by atoms with van der Waals surface area (Å²) in [5.74, 6) is -0.433. The lowest BCUT2D eigenvalue weighted by Crippen LogP contribution is -2.37. The fourth-order valence-corrected chi connectivity index (χ4v) is 4.69. The third-order valence-corrected chi connectivity index (χ3v) is 6.57. The van der Waals surface area contributed by atoms with E-state index in [1.807, 2.05) is 0 Å². The molecule has 1 aliphatic heterocycles. The highest BCUT2D eigenvalue weighted by molar-refractivity contribution is 6.08. The van der Waals surface area contributed by atoms with Crippen molar-refractivity contribution in [1.29, 1.82) is 0 Å². The minimum absolute atomic E-state index is 0.00199. The second-order valence-corrected chi connectivity index (χ2v) is 8.73. The Balaban J connectivity index is 1.54. The van der Waals surface area contributed by atoms with Crippen LogP contribution >= 0.6 is 0 Å².